The summed E-state index contributed by atoms with van der Waals surface area (Å²) in [5, 5.41) is 0. The first-order valence-electron chi connectivity index (χ1n) is 7.27. The molecule has 0 radical (unpaired) electrons. The van der Waals surface area contributed by atoms with Crippen LogP contribution in [0.5, 0.6) is 5.75 Å². The van der Waals surface area contributed by atoms with Crippen LogP contribution in [0.4, 0.5) is 0 Å². The summed E-state index contributed by atoms with van der Waals surface area (Å²) in [5.41, 5.74) is 2.30. The summed E-state index contributed by atoms with van der Waals surface area (Å²) in [6.07, 6.45) is 4.73. The molecule has 0 saturated carbocycles. The van der Waals surface area contributed by atoms with E-state index in [2.05, 4.69) is 19.6 Å². The highest BCUT2D eigenvalue weighted by Gasteiger charge is 2.06. The molecule has 0 N–H and O–H groups in total. The standard InChI is InChI=1S/C17H26O2/c1-4-6-7-10-15(3)16-11-8-9-12-17(16)19-14-13-18-5-2/h8-9,11-12H,3-7,10,13-14H2,1-2H3. The first-order valence-corrected chi connectivity index (χ1v) is 7.27. The van der Waals surface area contributed by atoms with Gasteiger partial charge in [0.1, 0.15) is 12.4 Å². The van der Waals surface area contributed by atoms with Crippen LogP contribution >= 0.6 is 0 Å². The quantitative estimate of drug-likeness (QED) is 0.569. The summed E-state index contributed by atoms with van der Waals surface area (Å²) < 4.78 is 11.1. The highest BCUT2D eigenvalue weighted by atomic mass is 16.5. The second-order valence-corrected chi connectivity index (χ2v) is 4.60. The molecule has 1 rings (SSSR count). The van der Waals surface area contributed by atoms with Crippen molar-refractivity contribution in [2.45, 2.75) is 39.5 Å². The van der Waals surface area contributed by atoms with Crippen molar-refractivity contribution in [1.82, 2.24) is 0 Å². The van der Waals surface area contributed by atoms with Gasteiger partial charge >= 0.3 is 0 Å². The average molecular weight is 262 g/mol. The molecular weight excluding hydrogens is 236 g/mol. The number of ether oxygens (including phenoxy) is 2. The van der Waals surface area contributed by atoms with Gasteiger partial charge in [-0.25, -0.2) is 0 Å². The number of unbranched alkanes of at least 4 members (excludes halogenated alkanes) is 2. The molecule has 2 nitrogen and oxygen atoms in total. The summed E-state index contributed by atoms with van der Waals surface area (Å²) in [4.78, 5) is 0. The first-order chi connectivity index (χ1) is 9.29. The zero-order chi connectivity index (χ0) is 13.9. The lowest BCUT2D eigenvalue weighted by atomic mass is 10.0. The number of hydrogen-bond donors (Lipinski definition) is 0. The zero-order valence-electron chi connectivity index (χ0n) is 12.3. The Balaban J connectivity index is 2.54. The Hall–Kier alpha value is -1.28. The van der Waals surface area contributed by atoms with E-state index in [4.69, 9.17) is 9.47 Å². The third-order valence-electron chi connectivity index (χ3n) is 3.04. The molecule has 2 heteroatoms. The van der Waals surface area contributed by atoms with Gasteiger partial charge in [-0.1, -0.05) is 44.5 Å². The lowest BCUT2D eigenvalue weighted by Gasteiger charge is -2.13. The number of rotatable bonds is 10. The van der Waals surface area contributed by atoms with Crippen molar-refractivity contribution in [3.8, 4) is 5.75 Å². The van der Waals surface area contributed by atoms with E-state index in [-0.39, 0.29) is 0 Å². The molecule has 0 heterocycles. The molecule has 0 bridgehead atoms. The summed E-state index contributed by atoms with van der Waals surface area (Å²) in [5.74, 6) is 0.920. The van der Waals surface area contributed by atoms with Crippen LogP contribution in [0.15, 0.2) is 30.8 Å². The fraction of sp³-hybridized carbons (Fsp3) is 0.529. The van der Waals surface area contributed by atoms with E-state index in [0.29, 0.717) is 13.2 Å². The minimum atomic E-state index is 0.590. The van der Waals surface area contributed by atoms with Gasteiger partial charge in [-0.15, -0.1) is 0 Å². The molecule has 19 heavy (non-hydrogen) atoms. The Kier molecular flexibility index (Phi) is 7.99. The molecule has 0 atom stereocenters. The molecule has 0 spiro atoms. The normalized spacial score (nSPS) is 10.4. The number of hydrogen-bond acceptors (Lipinski definition) is 2. The van der Waals surface area contributed by atoms with Crippen LogP contribution in [0.1, 0.15) is 45.1 Å². The predicted octanol–water partition coefficient (Wildman–Crippen LogP) is 4.70. The largest absolute Gasteiger partial charge is 0.491 e. The van der Waals surface area contributed by atoms with Crippen LogP contribution < -0.4 is 4.74 Å². The number of para-hydroxylation sites is 1. The van der Waals surface area contributed by atoms with Gasteiger partial charge in [-0.05, 0) is 31.4 Å². The minimum Gasteiger partial charge on any atom is -0.491 e. The van der Waals surface area contributed by atoms with E-state index in [0.717, 1.165) is 24.3 Å². The van der Waals surface area contributed by atoms with Crippen molar-refractivity contribution in [2.24, 2.45) is 0 Å². The predicted molar refractivity (Wildman–Crippen MR) is 81.6 cm³/mol. The summed E-state index contributed by atoms with van der Waals surface area (Å²) >= 11 is 0. The molecule has 1 aromatic carbocycles. The van der Waals surface area contributed by atoms with E-state index >= 15 is 0 Å². The first kappa shape index (κ1) is 15.8. The van der Waals surface area contributed by atoms with Crippen molar-refractivity contribution in [2.75, 3.05) is 19.8 Å². The molecular formula is C17H26O2. The molecule has 106 valence electrons. The van der Waals surface area contributed by atoms with Crippen LogP contribution in [0, 0.1) is 0 Å². The van der Waals surface area contributed by atoms with E-state index in [1.165, 1.54) is 24.8 Å². The number of allylic oxidation sites excluding steroid dienone is 1. The highest BCUT2D eigenvalue weighted by Crippen LogP contribution is 2.28. The van der Waals surface area contributed by atoms with Gasteiger partial charge in [0.05, 0.1) is 6.61 Å². The Labute approximate surface area is 117 Å². The van der Waals surface area contributed by atoms with Crippen molar-refractivity contribution in [1.29, 1.82) is 0 Å². The van der Waals surface area contributed by atoms with Gasteiger partial charge in [0.2, 0.25) is 0 Å². The molecule has 0 aromatic heterocycles. The monoisotopic (exact) mass is 262 g/mol. The van der Waals surface area contributed by atoms with E-state index < -0.39 is 0 Å². The molecule has 0 unspecified atom stereocenters. The second-order valence-electron chi connectivity index (χ2n) is 4.60. The Morgan fingerprint density at radius 1 is 1.11 bits per heavy atom. The van der Waals surface area contributed by atoms with E-state index in [9.17, 15) is 0 Å². The van der Waals surface area contributed by atoms with Crippen molar-refractivity contribution >= 4 is 5.57 Å². The maximum atomic E-state index is 5.78. The van der Waals surface area contributed by atoms with Gasteiger partial charge in [-0.2, -0.15) is 0 Å². The van der Waals surface area contributed by atoms with Crippen molar-refractivity contribution in [3.05, 3.63) is 36.4 Å². The van der Waals surface area contributed by atoms with E-state index in [1.54, 1.807) is 0 Å². The molecule has 0 aliphatic heterocycles. The van der Waals surface area contributed by atoms with Gasteiger partial charge in [0.15, 0.2) is 0 Å². The second kappa shape index (κ2) is 9.62. The Bertz CT molecular complexity index is 371. The summed E-state index contributed by atoms with van der Waals surface area (Å²) in [6.45, 7) is 10.3. The maximum Gasteiger partial charge on any atom is 0.126 e. The van der Waals surface area contributed by atoms with Crippen LogP contribution in [0.2, 0.25) is 0 Å². The third kappa shape index (κ3) is 5.93. The lowest BCUT2D eigenvalue weighted by Crippen LogP contribution is -2.07. The Morgan fingerprint density at radius 3 is 2.63 bits per heavy atom. The zero-order valence-corrected chi connectivity index (χ0v) is 12.3. The van der Waals surface area contributed by atoms with Gasteiger partial charge in [0.25, 0.3) is 0 Å². The third-order valence-corrected chi connectivity index (χ3v) is 3.04. The summed E-state index contributed by atoms with van der Waals surface area (Å²) in [6, 6.07) is 8.13. The smallest absolute Gasteiger partial charge is 0.126 e. The van der Waals surface area contributed by atoms with Gasteiger partial charge in [-0.3, -0.25) is 0 Å². The van der Waals surface area contributed by atoms with Gasteiger partial charge < -0.3 is 9.47 Å². The molecule has 0 fully saturated rings. The van der Waals surface area contributed by atoms with Gasteiger partial charge in [0, 0.05) is 12.2 Å². The fourth-order valence-corrected chi connectivity index (χ4v) is 1.96. The molecule has 0 aliphatic carbocycles. The van der Waals surface area contributed by atoms with E-state index in [1.807, 2.05) is 25.1 Å². The average Bonchev–Trinajstić information content (AvgIpc) is 2.44. The maximum absolute atomic E-state index is 5.78. The van der Waals surface area contributed by atoms with Crippen LogP contribution in [0.3, 0.4) is 0 Å². The molecule has 0 aliphatic rings. The fourth-order valence-electron chi connectivity index (χ4n) is 1.96. The van der Waals surface area contributed by atoms with Crippen LogP contribution in [-0.2, 0) is 4.74 Å². The van der Waals surface area contributed by atoms with Crippen molar-refractivity contribution < 1.29 is 9.47 Å². The lowest BCUT2D eigenvalue weighted by molar-refractivity contribution is 0.110. The molecule has 1 aromatic rings. The van der Waals surface area contributed by atoms with Crippen LogP contribution in [-0.4, -0.2) is 19.8 Å². The molecule has 0 saturated heterocycles. The topological polar surface area (TPSA) is 18.5 Å². The number of benzene rings is 1. The SMILES string of the molecule is C=C(CCCCC)c1ccccc1OCCOCC. The minimum absolute atomic E-state index is 0.590. The summed E-state index contributed by atoms with van der Waals surface area (Å²) in [7, 11) is 0. The van der Waals surface area contributed by atoms with Crippen LogP contribution in [0.25, 0.3) is 5.57 Å². The molecule has 0 amide bonds. The van der Waals surface area contributed by atoms with Crippen molar-refractivity contribution in [3.63, 3.8) is 0 Å². The highest BCUT2D eigenvalue weighted by molar-refractivity contribution is 5.68. The Morgan fingerprint density at radius 2 is 1.89 bits per heavy atom.